The summed E-state index contributed by atoms with van der Waals surface area (Å²) in [6.07, 6.45) is 3.54. The van der Waals surface area contributed by atoms with Gasteiger partial charge in [-0.05, 0) is 37.0 Å². The Morgan fingerprint density at radius 3 is 2.59 bits per heavy atom. The van der Waals surface area contributed by atoms with Crippen molar-refractivity contribution in [3.63, 3.8) is 0 Å². The highest BCUT2D eigenvalue weighted by molar-refractivity contribution is 7.88. The number of rotatable bonds is 6. The molecule has 1 N–H and O–H groups in total. The predicted octanol–water partition coefficient (Wildman–Crippen LogP) is 0.922. The number of carbonyl (C=O) groups is 1. The number of benzene rings is 1. The van der Waals surface area contributed by atoms with Gasteiger partial charge in [-0.2, -0.15) is 5.10 Å². The Labute approximate surface area is 170 Å². The highest BCUT2D eigenvalue weighted by Crippen LogP contribution is 2.26. The minimum Gasteiger partial charge on any atom is -0.324 e. The van der Waals surface area contributed by atoms with Gasteiger partial charge in [0.2, 0.25) is 15.9 Å². The molecule has 0 aliphatic carbocycles. The van der Waals surface area contributed by atoms with Crippen LogP contribution in [0.25, 0.3) is 0 Å². The maximum Gasteiger partial charge on any atom is 0.346 e. The molecule has 29 heavy (non-hydrogen) atoms. The summed E-state index contributed by atoms with van der Waals surface area (Å²) in [6.45, 7) is 2.62. The molecule has 0 saturated carbocycles. The maximum atomic E-state index is 12.5. The minimum atomic E-state index is -3.29. The zero-order valence-electron chi connectivity index (χ0n) is 17.0. The number of hydrogen-bond donors (Lipinski definition) is 1. The molecule has 1 amide bonds. The maximum absolute atomic E-state index is 12.5. The fourth-order valence-electron chi connectivity index (χ4n) is 3.58. The van der Waals surface area contributed by atoms with Crippen LogP contribution < -0.4 is 11.0 Å². The van der Waals surface area contributed by atoms with Crippen LogP contribution in [0.4, 0.5) is 5.69 Å². The first-order chi connectivity index (χ1) is 13.7. The molecular formula is C19H27N5O4S. The van der Waals surface area contributed by atoms with Crippen LogP contribution >= 0.6 is 0 Å². The van der Waals surface area contributed by atoms with Crippen molar-refractivity contribution in [2.75, 3.05) is 24.7 Å². The summed E-state index contributed by atoms with van der Waals surface area (Å²) in [6, 6.07) is 7.53. The van der Waals surface area contributed by atoms with Crippen molar-refractivity contribution >= 4 is 21.6 Å². The lowest BCUT2D eigenvalue weighted by molar-refractivity contribution is -0.117. The monoisotopic (exact) mass is 421 g/mol. The molecule has 9 nitrogen and oxygen atoms in total. The second-order valence-electron chi connectivity index (χ2n) is 7.42. The summed E-state index contributed by atoms with van der Waals surface area (Å²) in [5, 5.41) is 7.11. The number of aryl methyl sites for hydroxylation is 1. The Balaban J connectivity index is 1.72. The SMILES string of the molecule is CCc1ccc(NC(=O)Cn2nc(C3CCCN(S(C)(=O)=O)C3)n(C)c2=O)cc1. The summed E-state index contributed by atoms with van der Waals surface area (Å²) >= 11 is 0. The molecule has 1 atom stereocenters. The van der Waals surface area contributed by atoms with E-state index < -0.39 is 15.7 Å². The number of hydrogen-bond acceptors (Lipinski definition) is 5. The highest BCUT2D eigenvalue weighted by atomic mass is 32.2. The average Bonchev–Trinajstić information content (AvgIpc) is 2.96. The van der Waals surface area contributed by atoms with Gasteiger partial charge in [0.1, 0.15) is 12.4 Å². The third-order valence-corrected chi connectivity index (χ3v) is 6.50. The standard InChI is InChI=1S/C19H27N5O4S/c1-4-14-7-9-16(10-8-14)20-17(25)13-24-19(26)22(2)18(21-24)15-6-5-11-23(12-15)29(3,27)28/h7-10,15H,4-6,11-13H2,1-3H3,(H,20,25). The lowest BCUT2D eigenvalue weighted by Gasteiger charge is -2.30. The third-order valence-electron chi connectivity index (χ3n) is 5.23. The van der Waals surface area contributed by atoms with E-state index in [4.69, 9.17) is 0 Å². The number of amides is 1. The van der Waals surface area contributed by atoms with Crippen molar-refractivity contribution < 1.29 is 13.2 Å². The summed E-state index contributed by atoms with van der Waals surface area (Å²) in [4.78, 5) is 24.9. The molecule has 2 heterocycles. The normalized spacial score (nSPS) is 18.0. The van der Waals surface area contributed by atoms with Gasteiger partial charge in [0.05, 0.1) is 6.26 Å². The van der Waals surface area contributed by atoms with E-state index in [2.05, 4.69) is 17.3 Å². The Morgan fingerprint density at radius 1 is 1.28 bits per heavy atom. The van der Waals surface area contributed by atoms with Gasteiger partial charge >= 0.3 is 5.69 Å². The van der Waals surface area contributed by atoms with E-state index in [0.717, 1.165) is 17.5 Å². The van der Waals surface area contributed by atoms with Gasteiger partial charge in [0, 0.05) is 31.7 Å². The predicted molar refractivity (Wildman–Crippen MR) is 110 cm³/mol. The molecule has 1 aromatic heterocycles. The molecule has 0 radical (unpaired) electrons. The van der Waals surface area contributed by atoms with Crippen LogP contribution in [0.5, 0.6) is 0 Å². The fourth-order valence-corrected chi connectivity index (χ4v) is 4.49. The van der Waals surface area contributed by atoms with Crippen molar-refractivity contribution in [1.29, 1.82) is 0 Å². The summed E-state index contributed by atoms with van der Waals surface area (Å²) in [5.41, 5.74) is 1.43. The molecule has 1 fully saturated rings. The lowest BCUT2D eigenvalue weighted by atomic mass is 9.99. The molecular weight excluding hydrogens is 394 g/mol. The molecule has 1 aliphatic heterocycles. The van der Waals surface area contributed by atoms with Crippen molar-refractivity contribution in [1.82, 2.24) is 18.7 Å². The van der Waals surface area contributed by atoms with E-state index in [1.165, 1.54) is 20.7 Å². The Hall–Kier alpha value is -2.46. The van der Waals surface area contributed by atoms with Crippen molar-refractivity contribution in [2.24, 2.45) is 7.05 Å². The molecule has 1 aromatic carbocycles. The number of aromatic nitrogens is 3. The van der Waals surface area contributed by atoms with Crippen LogP contribution in [0, 0.1) is 0 Å². The van der Waals surface area contributed by atoms with E-state index >= 15 is 0 Å². The minimum absolute atomic E-state index is 0.179. The van der Waals surface area contributed by atoms with Crippen LogP contribution in [0.1, 0.15) is 37.1 Å². The van der Waals surface area contributed by atoms with Crippen molar-refractivity contribution in [2.45, 2.75) is 38.6 Å². The van der Waals surface area contributed by atoms with Gasteiger partial charge in [-0.25, -0.2) is 22.2 Å². The number of nitrogens with one attached hydrogen (secondary N) is 1. The molecule has 158 valence electrons. The van der Waals surface area contributed by atoms with E-state index in [-0.39, 0.29) is 18.4 Å². The Bertz CT molecular complexity index is 1040. The summed E-state index contributed by atoms with van der Waals surface area (Å²) in [7, 11) is -1.70. The molecule has 0 spiro atoms. The van der Waals surface area contributed by atoms with Crippen LogP contribution in [-0.2, 0) is 34.8 Å². The van der Waals surface area contributed by atoms with Crippen LogP contribution in [-0.4, -0.2) is 52.3 Å². The van der Waals surface area contributed by atoms with Crippen molar-refractivity contribution in [3.05, 3.63) is 46.1 Å². The zero-order valence-corrected chi connectivity index (χ0v) is 17.8. The number of sulfonamides is 1. The average molecular weight is 422 g/mol. The van der Waals surface area contributed by atoms with Crippen LogP contribution in [0.15, 0.2) is 29.1 Å². The molecule has 10 heteroatoms. The smallest absolute Gasteiger partial charge is 0.324 e. The van der Waals surface area contributed by atoms with Gasteiger partial charge in [-0.15, -0.1) is 0 Å². The zero-order chi connectivity index (χ0) is 21.2. The van der Waals surface area contributed by atoms with Gasteiger partial charge in [0.25, 0.3) is 0 Å². The fraction of sp³-hybridized carbons (Fsp3) is 0.526. The highest BCUT2D eigenvalue weighted by Gasteiger charge is 2.30. The molecule has 2 aromatic rings. The van der Waals surface area contributed by atoms with E-state index in [1.54, 1.807) is 7.05 Å². The van der Waals surface area contributed by atoms with E-state index in [9.17, 15) is 18.0 Å². The largest absolute Gasteiger partial charge is 0.346 e. The molecule has 1 aliphatic rings. The summed E-state index contributed by atoms with van der Waals surface area (Å²) < 4.78 is 27.7. The number of piperidine rings is 1. The van der Waals surface area contributed by atoms with Crippen LogP contribution in [0.3, 0.4) is 0 Å². The van der Waals surface area contributed by atoms with E-state index in [1.807, 2.05) is 24.3 Å². The van der Waals surface area contributed by atoms with E-state index in [0.29, 0.717) is 31.0 Å². The molecule has 3 rings (SSSR count). The number of anilines is 1. The first-order valence-corrected chi connectivity index (χ1v) is 11.5. The number of nitrogens with zero attached hydrogens (tertiary/aromatic N) is 4. The lowest BCUT2D eigenvalue weighted by Crippen LogP contribution is -2.39. The molecule has 0 bridgehead atoms. The first kappa shape index (κ1) is 21.3. The Morgan fingerprint density at radius 2 is 1.97 bits per heavy atom. The quantitative estimate of drug-likeness (QED) is 0.747. The van der Waals surface area contributed by atoms with Gasteiger partial charge in [-0.1, -0.05) is 19.1 Å². The third kappa shape index (κ3) is 4.94. The second kappa shape index (κ2) is 8.50. The van der Waals surface area contributed by atoms with Gasteiger partial charge < -0.3 is 5.32 Å². The topological polar surface area (TPSA) is 106 Å². The number of carbonyl (C=O) groups excluding carboxylic acids is 1. The second-order valence-corrected chi connectivity index (χ2v) is 9.40. The summed E-state index contributed by atoms with van der Waals surface area (Å²) in [5.74, 6) is -0.0204. The Kier molecular flexibility index (Phi) is 6.23. The van der Waals surface area contributed by atoms with Crippen LogP contribution in [0.2, 0.25) is 0 Å². The van der Waals surface area contributed by atoms with Crippen molar-refractivity contribution in [3.8, 4) is 0 Å². The molecule has 1 unspecified atom stereocenters. The molecule has 1 saturated heterocycles. The van der Waals surface area contributed by atoms with Gasteiger partial charge in [0.15, 0.2) is 0 Å². The first-order valence-electron chi connectivity index (χ1n) is 9.66. The van der Waals surface area contributed by atoms with Gasteiger partial charge in [-0.3, -0.25) is 9.36 Å².